The van der Waals surface area contributed by atoms with Gasteiger partial charge >= 0.3 is 0 Å². The van der Waals surface area contributed by atoms with Crippen molar-refractivity contribution in [3.05, 3.63) is 71.8 Å². The highest BCUT2D eigenvalue weighted by Crippen LogP contribution is 2.11. The average molecular weight is 373 g/mol. The van der Waals surface area contributed by atoms with Crippen molar-refractivity contribution in [2.75, 3.05) is 37.7 Å². The van der Waals surface area contributed by atoms with E-state index in [0.29, 0.717) is 13.1 Å². The molecule has 5 heteroatoms. The Kier molecular flexibility index (Phi) is 6.83. The van der Waals surface area contributed by atoms with E-state index < -0.39 is 9.84 Å². The molecule has 0 N–H and O–H groups in total. The van der Waals surface area contributed by atoms with Gasteiger partial charge in [-0.1, -0.05) is 60.7 Å². The van der Waals surface area contributed by atoms with E-state index in [0.717, 1.165) is 32.6 Å². The van der Waals surface area contributed by atoms with E-state index in [9.17, 15) is 8.42 Å². The third-order valence-corrected chi connectivity index (χ3v) is 6.49. The summed E-state index contributed by atoms with van der Waals surface area (Å²) in [5.41, 5.74) is 2.48. The van der Waals surface area contributed by atoms with Crippen molar-refractivity contribution in [1.29, 1.82) is 0 Å². The maximum absolute atomic E-state index is 12.4. The van der Waals surface area contributed by atoms with Crippen LogP contribution < -0.4 is 0 Å². The Bertz CT molecular complexity index is 704. The van der Waals surface area contributed by atoms with Crippen LogP contribution in [-0.2, 0) is 22.9 Å². The van der Waals surface area contributed by atoms with Gasteiger partial charge in [-0.25, -0.2) is 8.42 Å². The van der Waals surface area contributed by atoms with Gasteiger partial charge in [0.15, 0.2) is 9.84 Å². The molecule has 0 spiro atoms. The van der Waals surface area contributed by atoms with Crippen LogP contribution in [0.5, 0.6) is 0 Å². The molecule has 26 heavy (non-hydrogen) atoms. The Balaban J connectivity index is 1.64. The van der Waals surface area contributed by atoms with E-state index in [4.69, 9.17) is 0 Å². The van der Waals surface area contributed by atoms with Crippen LogP contribution in [0.2, 0.25) is 0 Å². The number of rotatable bonds is 4. The zero-order valence-corrected chi connectivity index (χ0v) is 16.1. The number of hydrogen-bond donors (Lipinski definition) is 0. The van der Waals surface area contributed by atoms with Gasteiger partial charge in [0.05, 0.1) is 11.5 Å². The minimum absolute atomic E-state index is 0.249. The molecule has 0 aliphatic carbocycles. The SMILES string of the molecule is O=S1(=O)CCN(Cc2ccccc2)CCCN(Cc2ccccc2)CC1. The fourth-order valence-corrected chi connectivity index (χ4v) is 4.66. The normalized spacial score (nSPS) is 19.8. The van der Waals surface area contributed by atoms with Gasteiger partial charge in [-0.3, -0.25) is 9.80 Å². The second-order valence-corrected chi connectivity index (χ2v) is 9.33. The molecule has 1 heterocycles. The minimum Gasteiger partial charge on any atom is -0.298 e. The van der Waals surface area contributed by atoms with Gasteiger partial charge in [0.1, 0.15) is 0 Å². The van der Waals surface area contributed by atoms with Gasteiger partial charge in [0.2, 0.25) is 0 Å². The van der Waals surface area contributed by atoms with Crippen LogP contribution in [0.15, 0.2) is 60.7 Å². The van der Waals surface area contributed by atoms with Crippen molar-refractivity contribution in [3.8, 4) is 0 Å². The molecular formula is C21H28N2O2S. The van der Waals surface area contributed by atoms with Crippen molar-refractivity contribution < 1.29 is 8.42 Å². The lowest BCUT2D eigenvalue weighted by molar-refractivity contribution is 0.226. The number of sulfone groups is 1. The molecule has 1 fully saturated rings. The standard InChI is InChI=1S/C21H28N2O2S/c24-26(25)16-14-22(18-20-8-3-1-4-9-20)12-7-13-23(15-17-26)19-21-10-5-2-6-11-21/h1-6,8-11H,7,12-19H2. The number of nitrogens with zero attached hydrogens (tertiary/aromatic N) is 2. The van der Waals surface area contributed by atoms with Gasteiger partial charge in [0.25, 0.3) is 0 Å². The molecule has 0 amide bonds. The van der Waals surface area contributed by atoms with Gasteiger partial charge in [-0.2, -0.15) is 0 Å². The Morgan fingerprint density at radius 1 is 0.654 bits per heavy atom. The molecule has 0 atom stereocenters. The smallest absolute Gasteiger partial charge is 0.152 e. The van der Waals surface area contributed by atoms with Crippen LogP contribution in [0.4, 0.5) is 0 Å². The van der Waals surface area contributed by atoms with E-state index in [2.05, 4.69) is 34.1 Å². The molecule has 0 radical (unpaired) electrons. The molecule has 0 aromatic heterocycles. The van der Waals surface area contributed by atoms with Crippen LogP contribution in [0.3, 0.4) is 0 Å². The van der Waals surface area contributed by atoms with Crippen molar-refractivity contribution in [2.45, 2.75) is 19.5 Å². The van der Waals surface area contributed by atoms with Gasteiger partial charge in [-0.05, 0) is 30.6 Å². The van der Waals surface area contributed by atoms with E-state index in [1.165, 1.54) is 11.1 Å². The Morgan fingerprint density at radius 2 is 1.08 bits per heavy atom. The molecular weight excluding hydrogens is 344 g/mol. The van der Waals surface area contributed by atoms with Crippen LogP contribution in [0, 0.1) is 0 Å². The second-order valence-electron chi connectivity index (χ2n) is 7.03. The molecule has 3 rings (SSSR count). The van der Waals surface area contributed by atoms with Crippen LogP contribution >= 0.6 is 0 Å². The van der Waals surface area contributed by atoms with Gasteiger partial charge in [-0.15, -0.1) is 0 Å². The predicted octanol–water partition coefficient (Wildman–Crippen LogP) is 2.81. The van der Waals surface area contributed by atoms with Crippen molar-refractivity contribution in [2.24, 2.45) is 0 Å². The number of benzene rings is 2. The lowest BCUT2D eigenvalue weighted by Gasteiger charge is -2.28. The molecule has 2 aromatic carbocycles. The van der Waals surface area contributed by atoms with E-state index in [1.54, 1.807) is 0 Å². The summed E-state index contributed by atoms with van der Waals surface area (Å²) in [5.74, 6) is 0.498. The Hall–Kier alpha value is -1.69. The molecule has 0 saturated carbocycles. The second kappa shape index (κ2) is 9.31. The maximum Gasteiger partial charge on any atom is 0.152 e. The fourth-order valence-electron chi connectivity index (χ4n) is 3.38. The zero-order chi connectivity index (χ0) is 18.2. The quantitative estimate of drug-likeness (QED) is 0.828. The summed E-state index contributed by atoms with van der Waals surface area (Å²) in [5, 5.41) is 0. The summed E-state index contributed by atoms with van der Waals surface area (Å²) >= 11 is 0. The maximum atomic E-state index is 12.4. The van der Waals surface area contributed by atoms with Crippen LogP contribution in [0.1, 0.15) is 17.5 Å². The van der Waals surface area contributed by atoms with Crippen molar-refractivity contribution in [3.63, 3.8) is 0 Å². The van der Waals surface area contributed by atoms with Gasteiger partial charge in [0, 0.05) is 26.2 Å². The monoisotopic (exact) mass is 372 g/mol. The molecule has 0 unspecified atom stereocenters. The molecule has 4 nitrogen and oxygen atoms in total. The number of hydrogen-bond acceptors (Lipinski definition) is 4. The highest BCUT2D eigenvalue weighted by atomic mass is 32.2. The first-order chi connectivity index (χ1) is 12.6. The first-order valence-corrected chi connectivity index (χ1v) is 11.2. The van der Waals surface area contributed by atoms with Crippen molar-refractivity contribution >= 4 is 9.84 Å². The van der Waals surface area contributed by atoms with E-state index in [1.807, 2.05) is 36.4 Å². The lowest BCUT2D eigenvalue weighted by Crippen LogP contribution is -2.38. The van der Waals surface area contributed by atoms with Gasteiger partial charge < -0.3 is 0 Å². The fraction of sp³-hybridized carbons (Fsp3) is 0.429. The molecule has 0 bridgehead atoms. The van der Waals surface area contributed by atoms with Crippen molar-refractivity contribution in [1.82, 2.24) is 9.80 Å². The summed E-state index contributed by atoms with van der Waals surface area (Å²) < 4.78 is 24.9. The first-order valence-electron chi connectivity index (χ1n) is 9.34. The molecule has 1 aliphatic heterocycles. The summed E-state index contributed by atoms with van der Waals surface area (Å²) in [6.45, 7) is 4.72. The third-order valence-electron chi connectivity index (χ3n) is 4.88. The highest BCUT2D eigenvalue weighted by molar-refractivity contribution is 7.91. The van der Waals surface area contributed by atoms with E-state index >= 15 is 0 Å². The molecule has 1 saturated heterocycles. The third kappa shape index (κ3) is 6.24. The largest absolute Gasteiger partial charge is 0.298 e. The summed E-state index contributed by atoms with van der Waals surface area (Å²) in [6, 6.07) is 20.6. The summed E-state index contributed by atoms with van der Waals surface area (Å²) in [4.78, 5) is 4.55. The minimum atomic E-state index is -3.02. The molecule has 2 aromatic rings. The van der Waals surface area contributed by atoms with Crippen LogP contribution in [0.25, 0.3) is 0 Å². The molecule has 140 valence electrons. The summed E-state index contributed by atoms with van der Waals surface area (Å²) in [7, 11) is -3.02. The highest BCUT2D eigenvalue weighted by Gasteiger charge is 2.19. The van der Waals surface area contributed by atoms with Crippen LogP contribution in [-0.4, -0.2) is 55.9 Å². The Morgan fingerprint density at radius 3 is 1.50 bits per heavy atom. The van der Waals surface area contributed by atoms with E-state index in [-0.39, 0.29) is 11.5 Å². The molecule has 1 aliphatic rings. The lowest BCUT2D eigenvalue weighted by atomic mass is 10.2. The Labute approximate surface area is 157 Å². The zero-order valence-electron chi connectivity index (χ0n) is 15.3. The first kappa shape index (κ1) is 19.1. The topological polar surface area (TPSA) is 40.6 Å². The summed E-state index contributed by atoms with van der Waals surface area (Å²) in [6.07, 6.45) is 1.06. The predicted molar refractivity (Wildman–Crippen MR) is 107 cm³/mol. The average Bonchev–Trinajstić information content (AvgIpc) is 2.65.